The van der Waals surface area contributed by atoms with Crippen LogP contribution < -0.4 is 0 Å². The summed E-state index contributed by atoms with van der Waals surface area (Å²) in [5.74, 6) is -0.352. The minimum absolute atomic E-state index is 0.145. The van der Waals surface area contributed by atoms with Crippen LogP contribution in [0.2, 0.25) is 0 Å². The average molecular weight is 232 g/mol. The van der Waals surface area contributed by atoms with E-state index in [-0.39, 0.29) is 12.1 Å². The monoisotopic (exact) mass is 232 g/mol. The standard InChI is InChI=1S/C15H20O2/c1-3-5-7-12-14(17-15(16)4-2)13-10-8-6-9-11-13/h4,6,8-11,14H,2-3,5,7,12H2,1H3. The largest absolute Gasteiger partial charge is 0.454 e. The van der Waals surface area contributed by atoms with Gasteiger partial charge in [-0.3, -0.25) is 0 Å². The maximum atomic E-state index is 11.3. The third-order valence-electron chi connectivity index (χ3n) is 2.67. The normalized spacial score (nSPS) is 11.8. The second-order valence-electron chi connectivity index (χ2n) is 4.04. The Morgan fingerprint density at radius 1 is 1.35 bits per heavy atom. The summed E-state index contributed by atoms with van der Waals surface area (Å²) in [5, 5.41) is 0. The third-order valence-corrected chi connectivity index (χ3v) is 2.67. The van der Waals surface area contributed by atoms with Crippen molar-refractivity contribution in [3.8, 4) is 0 Å². The summed E-state index contributed by atoms with van der Waals surface area (Å²) in [6, 6.07) is 9.87. The van der Waals surface area contributed by atoms with Gasteiger partial charge in [-0.25, -0.2) is 4.79 Å². The number of carbonyl (C=O) groups is 1. The number of unbranched alkanes of at least 4 members (excludes halogenated alkanes) is 2. The van der Waals surface area contributed by atoms with Gasteiger partial charge in [0, 0.05) is 6.08 Å². The second-order valence-corrected chi connectivity index (χ2v) is 4.04. The lowest BCUT2D eigenvalue weighted by molar-refractivity contribution is -0.143. The molecule has 0 spiro atoms. The summed E-state index contributed by atoms with van der Waals surface area (Å²) in [6.45, 7) is 5.59. The van der Waals surface area contributed by atoms with Crippen molar-refractivity contribution in [1.29, 1.82) is 0 Å². The van der Waals surface area contributed by atoms with E-state index < -0.39 is 0 Å². The predicted molar refractivity (Wildman–Crippen MR) is 69.6 cm³/mol. The molecule has 0 N–H and O–H groups in total. The smallest absolute Gasteiger partial charge is 0.330 e. The topological polar surface area (TPSA) is 26.3 Å². The molecule has 0 fully saturated rings. The van der Waals surface area contributed by atoms with E-state index in [4.69, 9.17) is 4.74 Å². The van der Waals surface area contributed by atoms with E-state index in [1.807, 2.05) is 30.3 Å². The molecule has 1 rings (SSSR count). The van der Waals surface area contributed by atoms with Gasteiger partial charge in [-0.2, -0.15) is 0 Å². The summed E-state index contributed by atoms with van der Waals surface area (Å²) in [7, 11) is 0. The first-order chi connectivity index (χ1) is 8.27. The molecule has 0 radical (unpaired) electrons. The van der Waals surface area contributed by atoms with Crippen molar-refractivity contribution in [2.24, 2.45) is 0 Å². The lowest BCUT2D eigenvalue weighted by Gasteiger charge is -2.17. The van der Waals surface area contributed by atoms with Crippen LogP contribution in [0.5, 0.6) is 0 Å². The van der Waals surface area contributed by atoms with Crippen LogP contribution >= 0.6 is 0 Å². The van der Waals surface area contributed by atoms with E-state index in [0.29, 0.717) is 0 Å². The molecular formula is C15H20O2. The van der Waals surface area contributed by atoms with Gasteiger partial charge in [-0.1, -0.05) is 56.7 Å². The van der Waals surface area contributed by atoms with Gasteiger partial charge in [-0.15, -0.1) is 0 Å². The molecule has 0 aliphatic rings. The summed E-state index contributed by atoms with van der Waals surface area (Å²) in [4.78, 5) is 11.3. The molecule has 0 aromatic heterocycles. The van der Waals surface area contributed by atoms with Gasteiger partial charge in [0.2, 0.25) is 0 Å². The molecule has 2 nitrogen and oxygen atoms in total. The highest BCUT2D eigenvalue weighted by molar-refractivity contribution is 5.81. The third kappa shape index (κ3) is 4.85. The first-order valence-corrected chi connectivity index (χ1v) is 6.16. The molecule has 0 saturated carbocycles. The van der Waals surface area contributed by atoms with Crippen LogP contribution in [0.25, 0.3) is 0 Å². The Balaban J connectivity index is 2.65. The Morgan fingerprint density at radius 3 is 2.65 bits per heavy atom. The minimum atomic E-state index is -0.352. The number of benzene rings is 1. The molecule has 0 amide bonds. The Bertz CT molecular complexity index is 343. The number of esters is 1. The minimum Gasteiger partial charge on any atom is -0.454 e. The van der Waals surface area contributed by atoms with Gasteiger partial charge >= 0.3 is 5.97 Å². The van der Waals surface area contributed by atoms with E-state index in [2.05, 4.69) is 13.5 Å². The lowest BCUT2D eigenvalue weighted by Crippen LogP contribution is -2.09. The second kappa shape index (κ2) is 7.66. The Labute approximate surface area is 103 Å². The Hall–Kier alpha value is -1.57. The van der Waals surface area contributed by atoms with Gasteiger partial charge in [0.1, 0.15) is 6.10 Å². The Kier molecular flexibility index (Phi) is 6.08. The summed E-state index contributed by atoms with van der Waals surface area (Å²) >= 11 is 0. The van der Waals surface area contributed by atoms with Crippen molar-refractivity contribution in [2.75, 3.05) is 0 Å². The molecule has 1 unspecified atom stereocenters. The van der Waals surface area contributed by atoms with Crippen molar-refractivity contribution in [3.05, 3.63) is 48.6 Å². The highest BCUT2D eigenvalue weighted by atomic mass is 16.5. The number of rotatable bonds is 7. The molecular weight excluding hydrogens is 212 g/mol. The zero-order valence-corrected chi connectivity index (χ0v) is 10.4. The molecule has 0 bridgehead atoms. The fourth-order valence-electron chi connectivity index (χ4n) is 1.73. The zero-order valence-electron chi connectivity index (χ0n) is 10.4. The van der Waals surface area contributed by atoms with Crippen LogP contribution in [0.3, 0.4) is 0 Å². The molecule has 0 saturated heterocycles. The molecule has 0 heterocycles. The molecule has 0 aliphatic carbocycles. The first kappa shape index (κ1) is 13.5. The van der Waals surface area contributed by atoms with Gasteiger partial charge in [0.25, 0.3) is 0 Å². The summed E-state index contributed by atoms with van der Waals surface area (Å²) in [6.07, 6.45) is 5.34. The van der Waals surface area contributed by atoms with E-state index >= 15 is 0 Å². The van der Waals surface area contributed by atoms with Crippen LogP contribution in [0, 0.1) is 0 Å². The number of ether oxygens (including phenoxy) is 1. The first-order valence-electron chi connectivity index (χ1n) is 6.16. The molecule has 17 heavy (non-hydrogen) atoms. The SMILES string of the molecule is C=CC(=O)OC(CCCCC)c1ccccc1. The Morgan fingerprint density at radius 2 is 2.06 bits per heavy atom. The summed E-state index contributed by atoms with van der Waals surface area (Å²) in [5.41, 5.74) is 1.05. The van der Waals surface area contributed by atoms with Crippen molar-refractivity contribution >= 4 is 5.97 Å². The van der Waals surface area contributed by atoms with Crippen LogP contribution in [-0.4, -0.2) is 5.97 Å². The highest BCUT2D eigenvalue weighted by Crippen LogP contribution is 2.24. The number of hydrogen-bond donors (Lipinski definition) is 0. The van der Waals surface area contributed by atoms with Crippen molar-refractivity contribution in [1.82, 2.24) is 0 Å². The van der Waals surface area contributed by atoms with E-state index in [9.17, 15) is 4.79 Å². The number of carbonyl (C=O) groups excluding carboxylic acids is 1. The average Bonchev–Trinajstić information content (AvgIpc) is 2.38. The fraction of sp³-hybridized carbons (Fsp3) is 0.400. The molecule has 92 valence electrons. The highest BCUT2D eigenvalue weighted by Gasteiger charge is 2.14. The summed E-state index contributed by atoms with van der Waals surface area (Å²) < 4.78 is 5.38. The molecule has 1 aromatic carbocycles. The van der Waals surface area contributed by atoms with E-state index in [0.717, 1.165) is 31.2 Å². The van der Waals surface area contributed by atoms with Gasteiger partial charge in [-0.05, 0) is 18.4 Å². The van der Waals surface area contributed by atoms with Crippen LogP contribution in [0.15, 0.2) is 43.0 Å². The van der Waals surface area contributed by atoms with Crippen LogP contribution in [0.1, 0.15) is 44.3 Å². The van der Waals surface area contributed by atoms with Crippen LogP contribution in [-0.2, 0) is 9.53 Å². The molecule has 1 atom stereocenters. The van der Waals surface area contributed by atoms with Gasteiger partial charge in [0.05, 0.1) is 0 Å². The maximum Gasteiger partial charge on any atom is 0.330 e. The quantitative estimate of drug-likeness (QED) is 0.403. The maximum absolute atomic E-state index is 11.3. The lowest BCUT2D eigenvalue weighted by atomic mass is 10.0. The molecule has 0 aliphatic heterocycles. The van der Waals surface area contributed by atoms with Crippen molar-refractivity contribution < 1.29 is 9.53 Å². The van der Waals surface area contributed by atoms with Gasteiger partial charge in [0.15, 0.2) is 0 Å². The molecule has 1 aromatic rings. The fourth-order valence-corrected chi connectivity index (χ4v) is 1.73. The van der Waals surface area contributed by atoms with Crippen molar-refractivity contribution in [3.63, 3.8) is 0 Å². The number of hydrogen-bond acceptors (Lipinski definition) is 2. The molecule has 2 heteroatoms. The van der Waals surface area contributed by atoms with E-state index in [1.54, 1.807) is 0 Å². The van der Waals surface area contributed by atoms with Gasteiger partial charge < -0.3 is 4.74 Å². The predicted octanol–water partition coefficient (Wildman–Crippen LogP) is 4.04. The van der Waals surface area contributed by atoms with Crippen molar-refractivity contribution in [2.45, 2.75) is 38.7 Å². The van der Waals surface area contributed by atoms with Crippen LogP contribution in [0.4, 0.5) is 0 Å². The van der Waals surface area contributed by atoms with E-state index in [1.165, 1.54) is 6.08 Å². The zero-order chi connectivity index (χ0) is 12.5.